The van der Waals surface area contributed by atoms with Crippen molar-refractivity contribution in [3.8, 4) is 0 Å². The fourth-order valence-electron chi connectivity index (χ4n) is 5.77. The molecule has 5 aromatic rings. The van der Waals surface area contributed by atoms with Gasteiger partial charge < -0.3 is 14.5 Å². The molecule has 0 spiro atoms. The molecule has 0 saturated carbocycles. The standard InChI is InChI=1S/C33H33N5O3Si/c1-23-20-27(41-42(33(2,3)4,25-16-10-6-11-17-25)26-18-12-7-13-19-26)32(40-23)38-22-36-28-29(34-21-35-30(28)38)37-31(39)24-14-8-5-9-15-24/h5-19,21-22,27,32H,1,20H2,2-4H3,(H,34,35,37,39)/t27-,32-/m1/s1. The first-order valence-electron chi connectivity index (χ1n) is 13.9. The van der Waals surface area contributed by atoms with Crippen LogP contribution in [0.4, 0.5) is 5.82 Å². The molecule has 0 radical (unpaired) electrons. The Morgan fingerprint density at radius 3 is 2.12 bits per heavy atom. The highest BCUT2D eigenvalue weighted by atomic mass is 28.4. The largest absolute Gasteiger partial charge is 0.472 e. The summed E-state index contributed by atoms with van der Waals surface area (Å²) in [6.07, 6.45) is 2.69. The van der Waals surface area contributed by atoms with E-state index in [-0.39, 0.29) is 17.0 Å². The fourth-order valence-corrected chi connectivity index (χ4v) is 10.4. The average Bonchev–Trinajstić information content (AvgIpc) is 3.59. The average molecular weight is 576 g/mol. The Hall–Kier alpha value is -4.60. The Balaban J connectivity index is 1.40. The molecule has 1 aliphatic rings. The van der Waals surface area contributed by atoms with E-state index in [1.165, 1.54) is 16.7 Å². The van der Waals surface area contributed by atoms with Crippen LogP contribution < -0.4 is 15.7 Å². The number of imidazole rings is 1. The Labute approximate surface area is 246 Å². The second-order valence-electron chi connectivity index (χ2n) is 11.4. The van der Waals surface area contributed by atoms with Crippen LogP contribution in [0.25, 0.3) is 11.2 Å². The number of anilines is 1. The van der Waals surface area contributed by atoms with Gasteiger partial charge in [-0.15, -0.1) is 0 Å². The fraction of sp³-hybridized carbons (Fsp3) is 0.212. The maximum atomic E-state index is 12.9. The molecule has 0 unspecified atom stereocenters. The van der Waals surface area contributed by atoms with Crippen molar-refractivity contribution in [3.63, 3.8) is 0 Å². The predicted octanol–water partition coefficient (Wildman–Crippen LogP) is 5.46. The van der Waals surface area contributed by atoms with Gasteiger partial charge in [0.25, 0.3) is 14.2 Å². The van der Waals surface area contributed by atoms with Gasteiger partial charge in [-0.3, -0.25) is 9.36 Å². The van der Waals surface area contributed by atoms with E-state index >= 15 is 0 Å². The number of hydrogen-bond acceptors (Lipinski definition) is 6. The Kier molecular flexibility index (Phi) is 7.22. The molecule has 3 aromatic carbocycles. The van der Waals surface area contributed by atoms with Gasteiger partial charge in [-0.2, -0.15) is 0 Å². The van der Waals surface area contributed by atoms with Gasteiger partial charge in [-0.1, -0.05) is 106 Å². The van der Waals surface area contributed by atoms with Crippen molar-refractivity contribution >= 4 is 41.6 Å². The highest BCUT2D eigenvalue weighted by Crippen LogP contribution is 2.43. The number of amides is 1. The third kappa shape index (κ3) is 4.91. The highest BCUT2D eigenvalue weighted by molar-refractivity contribution is 6.99. The van der Waals surface area contributed by atoms with Crippen LogP contribution in [0.3, 0.4) is 0 Å². The molecule has 8 nitrogen and oxygen atoms in total. The van der Waals surface area contributed by atoms with Gasteiger partial charge in [0.05, 0.1) is 5.76 Å². The van der Waals surface area contributed by atoms with Crippen LogP contribution in [0.5, 0.6) is 0 Å². The van der Waals surface area contributed by atoms with Gasteiger partial charge in [0.15, 0.2) is 17.0 Å². The van der Waals surface area contributed by atoms with Crippen LogP contribution in [0, 0.1) is 0 Å². The number of carbonyl (C=O) groups excluding carboxylic acids is 1. The van der Waals surface area contributed by atoms with Crippen LogP contribution in [-0.2, 0) is 9.16 Å². The molecule has 6 rings (SSSR count). The minimum Gasteiger partial charge on any atom is -0.472 e. The maximum Gasteiger partial charge on any atom is 0.261 e. The third-order valence-corrected chi connectivity index (χ3v) is 12.7. The van der Waals surface area contributed by atoms with Crippen molar-refractivity contribution in [2.24, 2.45) is 0 Å². The Bertz CT molecular complexity index is 1680. The molecule has 42 heavy (non-hydrogen) atoms. The Morgan fingerprint density at radius 1 is 0.929 bits per heavy atom. The van der Waals surface area contributed by atoms with Crippen molar-refractivity contribution < 1.29 is 14.0 Å². The van der Waals surface area contributed by atoms with Gasteiger partial charge in [-0.25, -0.2) is 15.0 Å². The third-order valence-electron chi connectivity index (χ3n) is 7.68. The zero-order chi connectivity index (χ0) is 29.3. The van der Waals surface area contributed by atoms with Crippen LogP contribution in [0.2, 0.25) is 5.04 Å². The molecule has 1 aliphatic heterocycles. The van der Waals surface area contributed by atoms with Gasteiger partial charge >= 0.3 is 0 Å². The van der Waals surface area contributed by atoms with E-state index in [1.54, 1.807) is 18.5 Å². The lowest BCUT2D eigenvalue weighted by atomic mass is 10.2. The first-order chi connectivity index (χ1) is 20.3. The highest BCUT2D eigenvalue weighted by Gasteiger charge is 2.53. The second kappa shape index (κ2) is 11.0. The summed E-state index contributed by atoms with van der Waals surface area (Å²) in [6, 6.07) is 30.0. The van der Waals surface area contributed by atoms with Crippen molar-refractivity contribution in [3.05, 3.63) is 122 Å². The topological polar surface area (TPSA) is 91.2 Å². The summed E-state index contributed by atoms with van der Waals surface area (Å²) >= 11 is 0. The summed E-state index contributed by atoms with van der Waals surface area (Å²) < 4.78 is 15.6. The number of benzene rings is 3. The van der Waals surface area contributed by atoms with E-state index in [2.05, 4.69) is 96.1 Å². The molecule has 2 atom stereocenters. The molecular formula is C33H33N5O3Si. The molecule has 1 saturated heterocycles. The van der Waals surface area contributed by atoms with E-state index in [0.717, 1.165) is 0 Å². The summed E-state index contributed by atoms with van der Waals surface area (Å²) in [6.45, 7) is 10.9. The SMILES string of the molecule is C=C1C[C@@H](O[Si](c2ccccc2)(c2ccccc2)C(C)(C)C)[C@H](n2cnc3c(NC(=O)c4ccccc4)ncnc32)O1. The number of fused-ring (bicyclic) bond motifs is 1. The van der Waals surface area contributed by atoms with Gasteiger partial charge in [0.2, 0.25) is 6.23 Å². The van der Waals surface area contributed by atoms with Gasteiger partial charge in [0.1, 0.15) is 18.8 Å². The molecule has 1 amide bonds. The summed E-state index contributed by atoms with van der Waals surface area (Å²) in [5, 5.41) is 5.04. The summed E-state index contributed by atoms with van der Waals surface area (Å²) in [7, 11) is -2.88. The van der Waals surface area contributed by atoms with Crippen LogP contribution >= 0.6 is 0 Å². The van der Waals surface area contributed by atoms with Crippen molar-refractivity contribution in [2.45, 2.75) is 44.6 Å². The number of carbonyl (C=O) groups is 1. The molecular weight excluding hydrogens is 542 g/mol. The van der Waals surface area contributed by atoms with Gasteiger partial charge in [-0.05, 0) is 27.5 Å². The number of hydrogen-bond donors (Lipinski definition) is 1. The zero-order valence-corrected chi connectivity index (χ0v) is 24.9. The summed E-state index contributed by atoms with van der Waals surface area (Å²) in [4.78, 5) is 26.3. The lowest BCUT2D eigenvalue weighted by molar-refractivity contribution is 0.0193. The van der Waals surface area contributed by atoms with Gasteiger partial charge in [0, 0.05) is 12.0 Å². The number of aromatic nitrogens is 4. The monoisotopic (exact) mass is 575 g/mol. The predicted molar refractivity (Wildman–Crippen MR) is 166 cm³/mol. The molecule has 2 aromatic heterocycles. The van der Waals surface area contributed by atoms with Crippen LogP contribution in [0.1, 0.15) is 43.8 Å². The van der Waals surface area contributed by atoms with E-state index in [1.807, 2.05) is 34.9 Å². The molecule has 3 heterocycles. The quantitative estimate of drug-likeness (QED) is 0.259. The number of nitrogens with zero attached hydrogens (tertiary/aromatic N) is 4. The van der Waals surface area contributed by atoms with Crippen LogP contribution in [0.15, 0.2) is 116 Å². The van der Waals surface area contributed by atoms with Crippen molar-refractivity contribution in [1.82, 2.24) is 19.5 Å². The molecule has 0 bridgehead atoms. The first kappa shape index (κ1) is 27.6. The number of nitrogens with one attached hydrogen (secondary N) is 1. The summed E-state index contributed by atoms with van der Waals surface area (Å²) in [5.74, 6) is 0.689. The van der Waals surface area contributed by atoms with Crippen molar-refractivity contribution in [1.29, 1.82) is 0 Å². The maximum absolute atomic E-state index is 12.9. The molecule has 9 heteroatoms. The molecule has 1 N–H and O–H groups in total. The lowest BCUT2D eigenvalue weighted by Gasteiger charge is -2.45. The molecule has 1 fully saturated rings. The first-order valence-corrected chi connectivity index (χ1v) is 15.9. The molecule has 212 valence electrons. The second-order valence-corrected chi connectivity index (χ2v) is 15.7. The normalized spacial score (nSPS) is 17.3. The number of ether oxygens (including phenoxy) is 1. The lowest BCUT2D eigenvalue weighted by Crippen LogP contribution is -2.68. The minimum atomic E-state index is -2.88. The Morgan fingerprint density at radius 2 is 1.52 bits per heavy atom. The minimum absolute atomic E-state index is 0.210. The van der Waals surface area contributed by atoms with Crippen LogP contribution in [-0.4, -0.2) is 39.8 Å². The van der Waals surface area contributed by atoms with E-state index in [9.17, 15) is 4.79 Å². The smallest absolute Gasteiger partial charge is 0.261 e. The summed E-state index contributed by atoms with van der Waals surface area (Å²) in [5.41, 5.74) is 1.52. The molecule has 0 aliphatic carbocycles. The van der Waals surface area contributed by atoms with E-state index < -0.39 is 14.5 Å². The number of rotatable bonds is 7. The zero-order valence-electron chi connectivity index (χ0n) is 23.9. The van der Waals surface area contributed by atoms with E-state index in [4.69, 9.17) is 9.16 Å². The van der Waals surface area contributed by atoms with E-state index in [0.29, 0.717) is 34.7 Å². The van der Waals surface area contributed by atoms with Crippen molar-refractivity contribution in [2.75, 3.05) is 5.32 Å².